The van der Waals surface area contributed by atoms with Crippen LogP contribution in [0, 0.1) is 0 Å². The van der Waals surface area contributed by atoms with Gasteiger partial charge in [-0.2, -0.15) is 5.10 Å². The number of hydrogen-bond acceptors (Lipinski definition) is 6. The number of benzene rings is 1. The highest BCUT2D eigenvalue weighted by molar-refractivity contribution is 5.28. The van der Waals surface area contributed by atoms with Crippen molar-refractivity contribution in [2.45, 2.75) is 39.6 Å². The molecule has 7 heteroatoms. The molecule has 1 saturated heterocycles. The molecule has 0 aliphatic carbocycles. The van der Waals surface area contributed by atoms with Gasteiger partial charge in [-0.3, -0.25) is 9.58 Å². The van der Waals surface area contributed by atoms with Crippen LogP contribution in [0.2, 0.25) is 0 Å². The average molecular weight is 402 g/mol. The maximum atomic E-state index is 10.3. The molecule has 29 heavy (non-hydrogen) atoms. The Morgan fingerprint density at radius 3 is 2.55 bits per heavy atom. The molecule has 3 rings (SSSR count). The van der Waals surface area contributed by atoms with Crippen molar-refractivity contribution in [1.82, 2.24) is 24.9 Å². The molecule has 1 aliphatic rings. The largest absolute Gasteiger partial charge is 0.491 e. The molecule has 0 bridgehead atoms. The third-order valence-electron chi connectivity index (χ3n) is 5.39. The van der Waals surface area contributed by atoms with Crippen molar-refractivity contribution in [3.05, 3.63) is 47.8 Å². The summed E-state index contributed by atoms with van der Waals surface area (Å²) in [5, 5.41) is 18.1. The quantitative estimate of drug-likeness (QED) is 0.596. The predicted octanol–water partition coefficient (Wildman–Crippen LogP) is 1.57. The summed E-state index contributed by atoms with van der Waals surface area (Å²) in [4.78, 5) is 4.76. The first kappa shape index (κ1) is 21.8. The molecule has 1 fully saturated rings. The van der Waals surface area contributed by atoms with Crippen LogP contribution in [0.25, 0.3) is 0 Å². The summed E-state index contributed by atoms with van der Waals surface area (Å²) in [6, 6.07) is 8.06. The Bertz CT molecular complexity index is 727. The molecule has 7 nitrogen and oxygen atoms in total. The van der Waals surface area contributed by atoms with Gasteiger partial charge in [-0.25, -0.2) is 0 Å². The average Bonchev–Trinajstić information content (AvgIpc) is 3.21. The van der Waals surface area contributed by atoms with E-state index in [1.807, 2.05) is 29.1 Å². The zero-order chi connectivity index (χ0) is 20.5. The van der Waals surface area contributed by atoms with Gasteiger partial charge in [0, 0.05) is 64.1 Å². The lowest BCUT2D eigenvalue weighted by atomic mass is 10.2. The molecule has 160 valence electrons. The Labute approximate surface area is 174 Å². The Balaban J connectivity index is 1.37. The minimum Gasteiger partial charge on any atom is -0.491 e. The fraction of sp³-hybridized carbons (Fsp3) is 0.591. The summed E-state index contributed by atoms with van der Waals surface area (Å²) >= 11 is 0. The molecule has 1 atom stereocenters. The first-order valence-corrected chi connectivity index (χ1v) is 10.7. The van der Waals surface area contributed by atoms with Gasteiger partial charge in [-0.15, -0.1) is 0 Å². The van der Waals surface area contributed by atoms with E-state index in [4.69, 9.17) is 4.74 Å². The van der Waals surface area contributed by atoms with Gasteiger partial charge in [0.2, 0.25) is 0 Å². The second kappa shape index (κ2) is 11.3. The number of piperazine rings is 1. The SMILES string of the molecule is CCN1CCN(CC(O)COc2cccc(CNCc3cnn(CC)c3)c2)CC1. The van der Waals surface area contributed by atoms with Gasteiger partial charge >= 0.3 is 0 Å². The van der Waals surface area contributed by atoms with E-state index in [-0.39, 0.29) is 0 Å². The predicted molar refractivity (Wildman–Crippen MR) is 115 cm³/mol. The molecule has 0 radical (unpaired) electrons. The summed E-state index contributed by atoms with van der Waals surface area (Å²) in [5.41, 5.74) is 2.35. The number of aromatic nitrogens is 2. The molecule has 1 aromatic heterocycles. The van der Waals surface area contributed by atoms with E-state index in [9.17, 15) is 5.11 Å². The summed E-state index contributed by atoms with van der Waals surface area (Å²) in [5.74, 6) is 0.804. The minimum absolute atomic E-state index is 0.321. The molecule has 1 unspecified atom stereocenters. The topological polar surface area (TPSA) is 65.8 Å². The molecule has 0 amide bonds. The standard InChI is InChI=1S/C22H35N5O2/c1-3-25-8-10-26(11-9-25)17-21(28)18-29-22-7-5-6-19(12-22)13-23-14-20-15-24-27(4-2)16-20/h5-7,12,15-16,21,23,28H,3-4,8-11,13-14,17-18H2,1-2H3. The second-order valence-electron chi connectivity index (χ2n) is 7.65. The van der Waals surface area contributed by atoms with Crippen molar-refractivity contribution in [3.8, 4) is 5.75 Å². The normalized spacial score (nSPS) is 16.8. The molecule has 2 aromatic rings. The molecule has 1 aromatic carbocycles. The summed E-state index contributed by atoms with van der Waals surface area (Å²) in [6.07, 6.45) is 3.50. The number of nitrogens with one attached hydrogen (secondary N) is 1. The first-order valence-electron chi connectivity index (χ1n) is 10.7. The zero-order valence-corrected chi connectivity index (χ0v) is 17.8. The highest BCUT2D eigenvalue weighted by Crippen LogP contribution is 2.14. The molecule has 0 spiro atoms. The lowest BCUT2D eigenvalue weighted by Crippen LogP contribution is -2.49. The number of likely N-dealkylation sites (N-methyl/N-ethyl adjacent to an activating group) is 1. The molecule has 2 heterocycles. The minimum atomic E-state index is -0.472. The number of aliphatic hydroxyl groups is 1. The van der Waals surface area contributed by atoms with Crippen molar-refractivity contribution >= 4 is 0 Å². The maximum absolute atomic E-state index is 10.3. The lowest BCUT2D eigenvalue weighted by Gasteiger charge is -2.34. The van der Waals surface area contributed by atoms with E-state index in [2.05, 4.69) is 46.3 Å². The van der Waals surface area contributed by atoms with Crippen LogP contribution in [0.15, 0.2) is 36.7 Å². The van der Waals surface area contributed by atoms with Crippen LogP contribution in [0.4, 0.5) is 0 Å². The van der Waals surface area contributed by atoms with Crippen molar-refractivity contribution in [2.75, 3.05) is 45.9 Å². The summed E-state index contributed by atoms with van der Waals surface area (Å²) < 4.78 is 7.78. The van der Waals surface area contributed by atoms with Crippen LogP contribution < -0.4 is 10.1 Å². The van der Waals surface area contributed by atoms with E-state index in [0.717, 1.165) is 63.7 Å². The van der Waals surface area contributed by atoms with Gasteiger partial charge in [-0.05, 0) is 31.2 Å². The highest BCUT2D eigenvalue weighted by atomic mass is 16.5. The number of hydrogen-bond donors (Lipinski definition) is 2. The van der Waals surface area contributed by atoms with Crippen LogP contribution in [0.3, 0.4) is 0 Å². The third-order valence-corrected chi connectivity index (χ3v) is 5.39. The smallest absolute Gasteiger partial charge is 0.119 e. The van der Waals surface area contributed by atoms with Gasteiger partial charge in [0.05, 0.1) is 6.20 Å². The van der Waals surface area contributed by atoms with Crippen molar-refractivity contribution < 1.29 is 9.84 Å². The van der Waals surface area contributed by atoms with E-state index >= 15 is 0 Å². The molecular weight excluding hydrogens is 366 g/mol. The Hall–Kier alpha value is -1.93. The van der Waals surface area contributed by atoms with Gasteiger partial charge in [-0.1, -0.05) is 19.1 Å². The van der Waals surface area contributed by atoms with E-state index in [1.54, 1.807) is 0 Å². The van der Waals surface area contributed by atoms with Crippen molar-refractivity contribution in [2.24, 2.45) is 0 Å². The fourth-order valence-corrected chi connectivity index (χ4v) is 3.60. The van der Waals surface area contributed by atoms with Crippen molar-refractivity contribution in [1.29, 1.82) is 0 Å². The fourth-order valence-electron chi connectivity index (χ4n) is 3.60. The van der Waals surface area contributed by atoms with Gasteiger partial charge in [0.15, 0.2) is 0 Å². The Kier molecular flexibility index (Phi) is 8.49. The Morgan fingerprint density at radius 2 is 1.83 bits per heavy atom. The van der Waals surface area contributed by atoms with Crippen LogP contribution in [0.5, 0.6) is 5.75 Å². The molecular formula is C22H35N5O2. The van der Waals surface area contributed by atoms with Gasteiger partial charge in [0.1, 0.15) is 18.5 Å². The van der Waals surface area contributed by atoms with Gasteiger partial charge < -0.3 is 20.1 Å². The molecule has 1 aliphatic heterocycles. The van der Waals surface area contributed by atoms with Gasteiger partial charge in [0.25, 0.3) is 0 Å². The van der Waals surface area contributed by atoms with Crippen molar-refractivity contribution in [3.63, 3.8) is 0 Å². The summed E-state index contributed by atoms with van der Waals surface area (Å²) in [6.45, 7) is 13.0. The first-order chi connectivity index (χ1) is 14.2. The summed E-state index contributed by atoms with van der Waals surface area (Å²) in [7, 11) is 0. The number of ether oxygens (including phenoxy) is 1. The molecule has 2 N–H and O–H groups in total. The number of aryl methyl sites for hydroxylation is 1. The van der Waals surface area contributed by atoms with Crippen LogP contribution >= 0.6 is 0 Å². The second-order valence-corrected chi connectivity index (χ2v) is 7.65. The highest BCUT2D eigenvalue weighted by Gasteiger charge is 2.18. The number of nitrogens with zero attached hydrogens (tertiary/aromatic N) is 4. The maximum Gasteiger partial charge on any atom is 0.119 e. The third kappa shape index (κ3) is 7.12. The zero-order valence-electron chi connectivity index (χ0n) is 17.8. The van der Waals surface area contributed by atoms with E-state index < -0.39 is 6.10 Å². The monoisotopic (exact) mass is 401 g/mol. The van der Waals surface area contributed by atoms with Crippen LogP contribution in [-0.2, 0) is 19.6 Å². The number of aliphatic hydroxyl groups excluding tert-OH is 1. The van der Waals surface area contributed by atoms with Crippen LogP contribution in [-0.4, -0.2) is 76.7 Å². The number of rotatable bonds is 11. The van der Waals surface area contributed by atoms with E-state index in [0.29, 0.717) is 13.2 Å². The number of β-amino-alcohol motifs (C(OH)–C–C–N with tert-alkyl or cyclic N) is 1. The molecule has 0 saturated carbocycles. The lowest BCUT2D eigenvalue weighted by molar-refractivity contribution is 0.0471. The Morgan fingerprint density at radius 1 is 1.07 bits per heavy atom. The van der Waals surface area contributed by atoms with E-state index in [1.165, 1.54) is 5.56 Å². The van der Waals surface area contributed by atoms with Crippen LogP contribution in [0.1, 0.15) is 25.0 Å².